The van der Waals surface area contributed by atoms with Gasteiger partial charge < -0.3 is 26.5 Å². The molecule has 0 saturated heterocycles. The first-order valence-electron chi connectivity index (χ1n) is 10.7. The Hall–Kier alpha value is -2.42. The van der Waals surface area contributed by atoms with Crippen molar-refractivity contribution in [3.8, 4) is 0 Å². The van der Waals surface area contributed by atoms with Crippen LogP contribution < -0.4 is 32.9 Å². The Kier molecular flexibility index (Phi) is 8.67. The van der Waals surface area contributed by atoms with Gasteiger partial charge in [-0.15, -0.1) is 0 Å². The van der Waals surface area contributed by atoms with E-state index in [9.17, 15) is 4.79 Å². The zero-order chi connectivity index (χ0) is 21.5. The third-order valence-electron chi connectivity index (χ3n) is 5.82. The van der Waals surface area contributed by atoms with Crippen molar-refractivity contribution in [1.82, 2.24) is 0 Å². The molecule has 0 N–H and O–H groups in total. The van der Waals surface area contributed by atoms with Crippen LogP contribution in [0.2, 0.25) is 0 Å². The lowest BCUT2D eigenvalue weighted by molar-refractivity contribution is -0.144. The molecule has 0 radical (unpaired) electrons. The molecule has 0 atom stereocenters. The Labute approximate surface area is 201 Å². The lowest BCUT2D eigenvalue weighted by atomic mass is 10.1. The zero-order valence-electron chi connectivity index (χ0n) is 18.2. The van der Waals surface area contributed by atoms with Crippen LogP contribution in [-0.2, 0) is 14.3 Å². The number of methoxy groups -OCH3 is 1. The van der Waals surface area contributed by atoms with Gasteiger partial charge in [-0.25, -0.2) is 4.79 Å². The van der Waals surface area contributed by atoms with Crippen molar-refractivity contribution >= 4 is 29.1 Å². The molecule has 166 valence electrons. The molecular weight excluding hydrogens is 483 g/mol. The minimum atomic E-state index is -2.15. The Morgan fingerprint density at radius 1 is 0.750 bits per heavy atom. The smallest absolute Gasteiger partial charge is 0.343 e. The summed E-state index contributed by atoms with van der Waals surface area (Å²) in [6, 6.07) is 32.4. The quantitative estimate of drug-likeness (QED) is 0.360. The molecule has 1 aliphatic carbocycles. The van der Waals surface area contributed by atoms with Crippen LogP contribution in [0.25, 0.3) is 0 Å². The predicted octanol–water partition coefficient (Wildman–Crippen LogP) is 1.96. The number of ether oxygens (including phenoxy) is 2. The molecule has 0 saturated carbocycles. The fourth-order valence-electron chi connectivity index (χ4n) is 4.45. The Bertz CT molecular complexity index is 940. The molecule has 3 aromatic rings. The first-order chi connectivity index (χ1) is 15.3. The van der Waals surface area contributed by atoms with Gasteiger partial charge in [0.2, 0.25) is 0 Å². The highest BCUT2D eigenvalue weighted by atomic mass is 79.9. The highest BCUT2D eigenvalue weighted by molar-refractivity contribution is 7.99. The molecule has 0 fully saturated rings. The number of allylic oxidation sites excluding steroid dienone is 2. The lowest BCUT2D eigenvalue weighted by Crippen LogP contribution is -3.00. The summed E-state index contributed by atoms with van der Waals surface area (Å²) in [6.07, 6.45) is 4.00. The molecular formula is C27H28BrO3P. The number of carbonyl (C=O) groups is 1. The largest absolute Gasteiger partial charge is 1.00 e. The second-order valence-corrected chi connectivity index (χ2v) is 11.0. The van der Waals surface area contributed by atoms with Gasteiger partial charge in [0.15, 0.2) is 6.61 Å². The maximum absolute atomic E-state index is 11.9. The van der Waals surface area contributed by atoms with Gasteiger partial charge in [-0.2, -0.15) is 0 Å². The van der Waals surface area contributed by atoms with Gasteiger partial charge in [-0.3, -0.25) is 0 Å². The van der Waals surface area contributed by atoms with Crippen LogP contribution in [0.15, 0.2) is 102 Å². The van der Waals surface area contributed by atoms with Crippen LogP contribution in [0.4, 0.5) is 0 Å². The van der Waals surface area contributed by atoms with Crippen molar-refractivity contribution in [2.45, 2.75) is 25.7 Å². The number of benzene rings is 3. The summed E-state index contributed by atoms with van der Waals surface area (Å²) in [6.45, 7) is -0.0479. The molecule has 0 heterocycles. The first kappa shape index (κ1) is 24.2. The SMILES string of the molecule is COC(=O)COC1=C([P+](c2ccccc2)(c2ccccc2)c2ccccc2)CCCC1.[Br-]. The van der Waals surface area contributed by atoms with Gasteiger partial charge in [-0.1, -0.05) is 54.6 Å². The van der Waals surface area contributed by atoms with Crippen LogP contribution in [0.1, 0.15) is 25.7 Å². The van der Waals surface area contributed by atoms with Gasteiger partial charge >= 0.3 is 5.97 Å². The van der Waals surface area contributed by atoms with Crippen molar-refractivity contribution < 1.29 is 31.2 Å². The maximum Gasteiger partial charge on any atom is 0.343 e. The summed E-state index contributed by atoms with van der Waals surface area (Å²) in [5, 5.41) is 5.27. The van der Waals surface area contributed by atoms with Crippen molar-refractivity contribution in [2.75, 3.05) is 13.7 Å². The molecule has 0 unspecified atom stereocenters. The summed E-state index contributed by atoms with van der Waals surface area (Å²) < 4.78 is 11.0. The first-order valence-corrected chi connectivity index (χ1v) is 12.5. The number of rotatable bonds is 7. The van der Waals surface area contributed by atoms with Gasteiger partial charge in [0.25, 0.3) is 0 Å². The number of hydrogen-bond acceptors (Lipinski definition) is 3. The lowest BCUT2D eigenvalue weighted by Gasteiger charge is -2.32. The molecule has 0 aromatic heterocycles. The van der Waals surface area contributed by atoms with Gasteiger partial charge in [0.05, 0.1) is 7.11 Å². The monoisotopic (exact) mass is 510 g/mol. The van der Waals surface area contributed by atoms with Crippen molar-refractivity contribution in [3.63, 3.8) is 0 Å². The second kappa shape index (κ2) is 11.4. The van der Waals surface area contributed by atoms with Gasteiger partial charge in [-0.05, 0) is 49.2 Å². The van der Waals surface area contributed by atoms with Crippen LogP contribution >= 0.6 is 7.26 Å². The van der Waals surface area contributed by atoms with E-state index in [1.807, 2.05) is 0 Å². The van der Waals surface area contributed by atoms with E-state index in [2.05, 4.69) is 91.0 Å². The molecule has 4 rings (SSSR count). The van der Waals surface area contributed by atoms with E-state index in [4.69, 9.17) is 9.47 Å². The summed E-state index contributed by atoms with van der Waals surface area (Å²) in [4.78, 5) is 11.9. The zero-order valence-corrected chi connectivity index (χ0v) is 20.7. The van der Waals surface area contributed by atoms with E-state index in [-0.39, 0.29) is 29.6 Å². The number of esters is 1. The van der Waals surface area contributed by atoms with Crippen molar-refractivity contribution in [2.24, 2.45) is 0 Å². The summed E-state index contributed by atoms with van der Waals surface area (Å²) in [7, 11) is -0.751. The van der Waals surface area contributed by atoms with Crippen molar-refractivity contribution in [3.05, 3.63) is 102 Å². The predicted molar refractivity (Wildman–Crippen MR) is 129 cm³/mol. The molecule has 32 heavy (non-hydrogen) atoms. The number of hydrogen-bond donors (Lipinski definition) is 0. The van der Waals surface area contributed by atoms with E-state index in [1.54, 1.807) is 0 Å². The third kappa shape index (κ3) is 4.82. The Balaban J connectivity index is 0.00000289. The number of carbonyl (C=O) groups excluding carboxylic acids is 1. The van der Waals surface area contributed by atoms with E-state index < -0.39 is 7.26 Å². The minimum Gasteiger partial charge on any atom is -1.00 e. The molecule has 0 aliphatic heterocycles. The number of halogens is 1. The van der Waals surface area contributed by atoms with Crippen molar-refractivity contribution in [1.29, 1.82) is 0 Å². The highest BCUT2D eigenvalue weighted by Crippen LogP contribution is 2.65. The van der Waals surface area contributed by atoms with Gasteiger partial charge in [0.1, 0.15) is 34.2 Å². The molecule has 0 bridgehead atoms. The van der Waals surface area contributed by atoms with Gasteiger partial charge in [0, 0.05) is 12.8 Å². The third-order valence-corrected chi connectivity index (χ3v) is 10.3. The van der Waals surface area contributed by atoms with Crippen LogP contribution in [0, 0.1) is 0 Å². The second-order valence-electron chi connectivity index (χ2n) is 7.62. The van der Waals surface area contributed by atoms with Crippen LogP contribution in [-0.4, -0.2) is 19.7 Å². The molecule has 0 spiro atoms. The van der Waals surface area contributed by atoms with E-state index >= 15 is 0 Å². The average Bonchev–Trinajstić information content (AvgIpc) is 2.86. The maximum atomic E-state index is 11.9. The van der Waals surface area contributed by atoms with E-state index in [0.29, 0.717) is 0 Å². The minimum absolute atomic E-state index is 0. The van der Waals surface area contributed by atoms with E-state index in [1.165, 1.54) is 28.3 Å². The normalized spacial score (nSPS) is 13.8. The summed E-state index contributed by atoms with van der Waals surface area (Å²) >= 11 is 0. The molecule has 0 amide bonds. The Morgan fingerprint density at radius 3 is 1.62 bits per heavy atom. The average molecular weight is 511 g/mol. The molecule has 1 aliphatic rings. The van der Waals surface area contributed by atoms with Crippen LogP contribution in [0.5, 0.6) is 0 Å². The molecule has 3 aromatic carbocycles. The standard InChI is InChI=1S/C27H28O3P.BrH/c1-29-27(28)21-30-25-19-11-12-20-26(25)31(22-13-5-2-6-14-22,23-15-7-3-8-16-23)24-17-9-4-10-18-24;/h2-10,13-18H,11-12,19-21H2,1H3;1H/q+1;/p-1. The summed E-state index contributed by atoms with van der Waals surface area (Å²) in [5.74, 6) is 0.613. The fourth-order valence-corrected chi connectivity index (χ4v) is 9.18. The molecule has 3 nitrogen and oxygen atoms in total. The molecule has 5 heteroatoms. The fraction of sp³-hybridized carbons (Fsp3) is 0.222. The van der Waals surface area contributed by atoms with Crippen LogP contribution in [0.3, 0.4) is 0 Å². The summed E-state index contributed by atoms with van der Waals surface area (Å²) in [5.41, 5.74) is 0. The topological polar surface area (TPSA) is 35.5 Å². The highest BCUT2D eigenvalue weighted by Gasteiger charge is 2.51. The van der Waals surface area contributed by atoms with E-state index in [0.717, 1.165) is 31.4 Å². The Morgan fingerprint density at radius 2 is 1.19 bits per heavy atom.